The molecule has 0 radical (unpaired) electrons. The Balaban J connectivity index is 2.28. The summed E-state index contributed by atoms with van der Waals surface area (Å²) in [6.45, 7) is 2.08. The lowest BCUT2D eigenvalue weighted by molar-refractivity contribution is 0.765. The molecule has 2 aromatic rings. The molecule has 2 heterocycles. The standard InChI is InChI=1S/C10H13N3S/c1-7-3-9(14-6-7)10(11)8-4-12-13(2)5-8/h3-6,10H,11H2,1-2H3. The van der Waals surface area contributed by atoms with Gasteiger partial charge in [0.1, 0.15) is 0 Å². The zero-order chi connectivity index (χ0) is 10.1. The second kappa shape index (κ2) is 3.55. The van der Waals surface area contributed by atoms with Crippen LogP contribution in [0.5, 0.6) is 0 Å². The average Bonchev–Trinajstić information content (AvgIpc) is 2.73. The molecule has 0 saturated carbocycles. The van der Waals surface area contributed by atoms with Crippen molar-refractivity contribution in [3.05, 3.63) is 39.8 Å². The summed E-state index contributed by atoms with van der Waals surface area (Å²) in [5.74, 6) is 0. The molecule has 2 rings (SSSR count). The van der Waals surface area contributed by atoms with E-state index in [9.17, 15) is 0 Å². The molecule has 74 valence electrons. The summed E-state index contributed by atoms with van der Waals surface area (Å²) in [5, 5.41) is 6.23. The first-order valence-electron chi connectivity index (χ1n) is 4.46. The molecule has 2 N–H and O–H groups in total. The average molecular weight is 207 g/mol. The maximum atomic E-state index is 6.10. The Morgan fingerprint density at radius 2 is 2.36 bits per heavy atom. The first kappa shape index (κ1) is 9.43. The summed E-state index contributed by atoms with van der Waals surface area (Å²) in [7, 11) is 1.90. The zero-order valence-corrected chi connectivity index (χ0v) is 9.08. The molecule has 0 bridgehead atoms. The van der Waals surface area contributed by atoms with Crippen molar-refractivity contribution in [2.24, 2.45) is 12.8 Å². The molecule has 0 saturated heterocycles. The lowest BCUT2D eigenvalue weighted by Gasteiger charge is -2.05. The van der Waals surface area contributed by atoms with Crippen LogP contribution in [0.3, 0.4) is 0 Å². The van der Waals surface area contributed by atoms with E-state index in [1.165, 1.54) is 10.4 Å². The highest BCUT2D eigenvalue weighted by molar-refractivity contribution is 7.10. The molecule has 14 heavy (non-hydrogen) atoms. The third-order valence-corrected chi connectivity index (χ3v) is 3.27. The Bertz CT molecular complexity index is 390. The number of nitrogens with two attached hydrogens (primary N) is 1. The number of rotatable bonds is 2. The van der Waals surface area contributed by atoms with Crippen molar-refractivity contribution < 1.29 is 0 Å². The van der Waals surface area contributed by atoms with E-state index >= 15 is 0 Å². The molecule has 1 atom stereocenters. The van der Waals surface area contributed by atoms with Gasteiger partial charge < -0.3 is 5.73 Å². The summed E-state index contributed by atoms with van der Waals surface area (Å²) in [6.07, 6.45) is 3.78. The molecule has 0 aliphatic carbocycles. The van der Waals surface area contributed by atoms with Crippen molar-refractivity contribution in [2.75, 3.05) is 0 Å². The van der Waals surface area contributed by atoms with Crippen LogP contribution in [0.2, 0.25) is 0 Å². The first-order valence-corrected chi connectivity index (χ1v) is 5.34. The van der Waals surface area contributed by atoms with Crippen molar-refractivity contribution in [2.45, 2.75) is 13.0 Å². The van der Waals surface area contributed by atoms with E-state index in [1.807, 2.05) is 19.4 Å². The fraction of sp³-hybridized carbons (Fsp3) is 0.300. The molecule has 0 spiro atoms. The molecule has 0 aliphatic heterocycles. The monoisotopic (exact) mass is 207 g/mol. The van der Waals surface area contributed by atoms with Crippen molar-refractivity contribution in [1.82, 2.24) is 9.78 Å². The van der Waals surface area contributed by atoms with Crippen LogP contribution in [0.4, 0.5) is 0 Å². The molecule has 0 fully saturated rings. The van der Waals surface area contributed by atoms with Crippen molar-refractivity contribution in [3.8, 4) is 0 Å². The molecular weight excluding hydrogens is 194 g/mol. The van der Waals surface area contributed by atoms with Gasteiger partial charge in [-0.05, 0) is 23.9 Å². The molecule has 4 heteroatoms. The third kappa shape index (κ3) is 1.71. The smallest absolute Gasteiger partial charge is 0.0677 e. The minimum atomic E-state index is -0.0394. The molecule has 0 amide bonds. The van der Waals surface area contributed by atoms with Crippen molar-refractivity contribution >= 4 is 11.3 Å². The summed E-state index contributed by atoms with van der Waals surface area (Å²) in [4.78, 5) is 1.19. The number of aromatic nitrogens is 2. The third-order valence-electron chi connectivity index (χ3n) is 2.14. The van der Waals surface area contributed by atoms with Crippen LogP contribution in [0.1, 0.15) is 22.0 Å². The van der Waals surface area contributed by atoms with Crippen LogP contribution in [0.25, 0.3) is 0 Å². The van der Waals surface area contributed by atoms with Gasteiger partial charge in [-0.3, -0.25) is 4.68 Å². The fourth-order valence-electron chi connectivity index (χ4n) is 1.38. The summed E-state index contributed by atoms with van der Waals surface area (Å²) in [6, 6.07) is 2.09. The largest absolute Gasteiger partial charge is 0.320 e. The van der Waals surface area contributed by atoms with Gasteiger partial charge in [0.15, 0.2) is 0 Å². The summed E-state index contributed by atoms with van der Waals surface area (Å²) < 4.78 is 1.77. The normalized spacial score (nSPS) is 13.1. The van der Waals surface area contributed by atoms with Gasteiger partial charge in [0, 0.05) is 23.7 Å². The van der Waals surface area contributed by atoms with E-state index in [2.05, 4.69) is 23.5 Å². The van der Waals surface area contributed by atoms with E-state index in [-0.39, 0.29) is 6.04 Å². The quantitative estimate of drug-likeness (QED) is 0.816. The Kier molecular flexibility index (Phi) is 2.39. The van der Waals surface area contributed by atoms with Gasteiger partial charge in [0.2, 0.25) is 0 Å². The topological polar surface area (TPSA) is 43.8 Å². The van der Waals surface area contributed by atoms with E-state index in [0.29, 0.717) is 0 Å². The molecular formula is C10H13N3S. The van der Waals surface area contributed by atoms with E-state index < -0.39 is 0 Å². The molecule has 0 aromatic carbocycles. The van der Waals surface area contributed by atoms with Gasteiger partial charge in [-0.25, -0.2) is 0 Å². The lowest BCUT2D eigenvalue weighted by Crippen LogP contribution is -2.09. The SMILES string of the molecule is Cc1csc(C(N)c2cnn(C)c2)c1. The number of hydrogen-bond donors (Lipinski definition) is 1. The number of aryl methyl sites for hydroxylation is 2. The molecule has 2 aromatic heterocycles. The second-order valence-electron chi connectivity index (χ2n) is 3.45. The predicted octanol–water partition coefficient (Wildman–Crippen LogP) is 1.84. The lowest BCUT2D eigenvalue weighted by atomic mass is 10.1. The molecule has 3 nitrogen and oxygen atoms in total. The number of nitrogens with zero attached hydrogens (tertiary/aromatic N) is 2. The van der Waals surface area contributed by atoms with E-state index in [0.717, 1.165) is 5.56 Å². The minimum Gasteiger partial charge on any atom is -0.320 e. The summed E-state index contributed by atoms with van der Waals surface area (Å²) >= 11 is 1.70. The van der Waals surface area contributed by atoms with Crippen LogP contribution >= 0.6 is 11.3 Å². The number of thiophene rings is 1. The Hall–Kier alpha value is -1.13. The van der Waals surface area contributed by atoms with Gasteiger partial charge in [-0.15, -0.1) is 11.3 Å². The van der Waals surface area contributed by atoms with Crippen LogP contribution in [0.15, 0.2) is 23.8 Å². The molecule has 1 unspecified atom stereocenters. The van der Waals surface area contributed by atoms with Crippen LogP contribution in [-0.4, -0.2) is 9.78 Å². The zero-order valence-electron chi connectivity index (χ0n) is 8.27. The van der Waals surface area contributed by atoms with Crippen molar-refractivity contribution in [3.63, 3.8) is 0 Å². The van der Waals surface area contributed by atoms with Gasteiger partial charge in [0.25, 0.3) is 0 Å². The highest BCUT2D eigenvalue weighted by atomic mass is 32.1. The second-order valence-corrected chi connectivity index (χ2v) is 4.39. The first-order chi connectivity index (χ1) is 6.66. The van der Waals surface area contributed by atoms with Gasteiger partial charge in [-0.1, -0.05) is 0 Å². The minimum absolute atomic E-state index is 0.0394. The fourth-order valence-corrected chi connectivity index (χ4v) is 2.31. The maximum Gasteiger partial charge on any atom is 0.0677 e. The van der Waals surface area contributed by atoms with E-state index in [4.69, 9.17) is 5.73 Å². The van der Waals surface area contributed by atoms with Crippen molar-refractivity contribution in [1.29, 1.82) is 0 Å². The molecule has 0 aliphatic rings. The summed E-state index contributed by atoms with van der Waals surface area (Å²) in [5.41, 5.74) is 8.43. The number of hydrogen-bond acceptors (Lipinski definition) is 3. The van der Waals surface area contributed by atoms with E-state index in [1.54, 1.807) is 16.0 Å². The Morgan fingerprint density at radius 3 is 2.86 bits per heavy atom. The van der Waals surface area contributed by atoms with Crippen LogP contribution < -0.4 is 5.73 Å². The van der Waals surface area contributed by atoms with Crippen LogP contribution in [0, 0.1) is 6.92 Å². The highest BCUT2D eigenvalue weighted by Crippen LogP contribution is 2.24. The van der Waals surface area contributed by atoms with Crippen LogP contribution in [-0.2, 0) is 7.05 Å². The van der Waals surface area contributed by atoms with Gasteiger partial charge in [0.05, 0.1) is 12.2 Å². The highest BCUT2D eigenvalue weighted by Gasteiger charge is 2.11. The Labute approximate surface area is 87.2 Å². The maximum absolute atomic E-state index is 6.10. The van der Waals surface area contributed by atoms with Gasteiger partial charge >= 0.3 is 0 Å². The Morgan fingerprint density at radius 1 is 1.57 bits per heavy atom. The van der Waals surface area contributed by atoms with Gasteiger partial charge in [-0.2, -0.15) is 5.10 Å². The predicted molar refractivity (Wildman–Crippen MR) is 58.3 cm³/mol.